The Morgan fingerprint density at radius 3 is 2.25 bits per heavy atom. The largest absolute Gasteiger partial charge is 0.497 e. The van der Waals surface area contributed by atoms with Gasteiger partial charge in [0.2, 0.25) is 0 Å². The third-order valence-corrected chi connectivity index (χ3v) is 4.38. The van der Waals surface area contributed by atoms with E-state index in [0.717, 1.165) is 22.8 Å². The lowest BCUT2D eigenvalue weighted by molar-refractivity contribution is 0.0449. The van der Waals surface area contributed by atoms with Crippen LogP contribution in [0.5, 0.6) is 11.5 Å². The summed E-state index contributed by atoms with van der Waals surface area (Å²) in [7, 11) is 1.60. The summed E-state index contributed by atoms with van der Waals surface area (Å²) in [6.07, 6.45) is 0. The monoisotopic (exact) mass is 383 g/mol. The van der Waals surface area contributed by atoms with Gasteiger partial charge in [0.25, 0.3) is 0 Å². The van der Waals surface area contributed by atoms with Gasteiger partial charge in [0, 0.05) is 17.1 Å². The molecule has 6 heteroatoms. The van der Waals surface area contributed by atoms with Crippen LogP contribution in [0.4, 0.5) is 4.39 Å². The van der Waals surface area contributed by atoms with Gasteiger partial charge in [0.1, 0.15) is 30.5 Å². The fraction of sp³-hybridized carbons (Fsp3) is 0.227. The Labute approximate surface area is 163 Å². The summed E-state index contributed by atoms with van der Waals surface area (Å²) in [5.41, 5.74) is 2.88. The number of halogens is 1. The summed E-state index contributed by atoms with van der Waals surface area (Å²) < 4.78 is 31.0. The van der Waals surface area contributed by atoms with Crippen LogP contribution in [0.1, 0.15) is 21.7 Å². The maximum Gasteiger partial charge on any atom is 0.340 e. The SMILES string of the molecule is COc1ccc(OCCOC(=O)c2cc(C)n(-c3ccc(F)cc3)c2C)cc1. The van der Waals surface area contributed by atoms with Crippen molar-refractivity contribution in [1.82, 2.24) is 4.57 Å². The summed E-state index contributed by atoms with van der Waals surface area (Å²) in [6, 6.07) is 15.1. The Hall–Kier alpha value is -3.28. The Morgan fingerprint density at radius 2 is 1.61 bits per heavy atom. The lowest BCUT2D eigenvalue weighted by Crippen LogP contribution is -2.13. The zero-order valence-corrected chi connectivity index (χ0v) is 16.1. The number of carbonyl (C=O) groups excluding carboxylic acids is 1. The van der Waals surface area contributed by atoms with E-state index < -0.39 is 5.97 Å². The van der Waals surface area contributed by atoms with E-state index in [1.54, 1.807) is 49.6 Å². The van der Waals surface area contributed by atoms with Crippen LogP contribution in [0.15, 0.2) is 54.6 Å². The van der Waals surface area contributed by atoms with Crippen LogP contribution in [0.3, 0.4) is 0 Å². The van der Waals surface area contributed by atoms with Crippen LogP contribution >= 0.6 is 0 Å². The maximum absolute atomic E-state index is 13.2. The lowest BCUT2D eigenvalue weighted by atomic mass is 10.2. The van der Waals surface area contributed by atoms with E-state index in [4.69, 9.17) is 14.2 Å². The molecular weight excluding hydrogens is 361 g/mol. The molecule has 0 aliphatic carbocycles. The molecule has 0 aliphatic rings. The Bertz CT molecular complexity index is 946. The summed E-state index contributed by atoms with van der Waals surface area (Å²) in [6.45, 7) is 4.10. The van der Waals surface area contributed by atoms with Crippen LogP contribution in [-0.4, -0.2) is 30.9 Å². The van der Waals surface area contributed by atoms with Crippen LogP contribution in [0, 0.1) is 19.7 Å². The smallest absolute Gasteiger partial charge is 0.340 e. The van der Waals surface area contributed by atoms with Gasteiger partial charge in [0.15, 0.2) is 0 Å². The Kier molecular flexibility index (Phi) is 5.99. The van der Waals surface area contributed by atoms with Crippen molar-refractivity contribution in [2.24, 2.45) is 0 Å². The van der Waals surface area contributed by atoms with E-state index in [1.807, 2.05) is 18.4 Å². The predicted octanol–water partition coefficient (Wildman–Crippen LogP) is 4.48. The van der Waals surface area contributed by atoms with Crippen LogP contribution in [0.25, 0.3) is 5.69 Å². The number of nitrogens with zero attached hydrogens (tertiary/aromatic N) is 1. The van der Waals surface area contributed by atoms with E-state index in [2.05, 4.69) is 0 Å². The van der Waals surface area contributed by atoms with Crippen molar-refractivity contribution in [3.63, 3.8) is 0 Å². The van der Waals surface area contributed by atoms with Gasteiger partial charge in [-0.1, -0.05) is 0 Å². The molecular formula is C22H22FNO4. The summed E-state index contributed by atoms with van der Waals surface area (Å²) in [5, 5.41) is 0. The molecule has 146 valence electrons. The minimum atomic E-state index is -0.417. The summed E-state index contributed by atoms with van der Waals surface area (Å²) in [5.74, 6) is 0.698. The standard InChI is InChI=1S/C22H22FNO4/c1-15-14-21(16(2)24(15)18-6-4-17(23)5-7-18)22(25)28-13-12-27-20-10-8-19(26-3)9-11-20/h4-11,14H,12-13H2,1-3H3. The van der Waals surface area contributed by atoms with Gasteiger partial charge in [-0.3, -0.25) is 0 Å². The highest BCUT2D eigenvalue weighted by atomic mass is 19.1. The van der Waals surface area contributed by atoms with Gasteiger partial charge in [-0.05, 0) is 68.4 Å². The molecule has 0 aliphatic heterocycles. The molecule has 5 nitrogen and oxygen atoms in total. The van der Waals surface area contributed by atoms with Gasteiger partial charge in [-0.2, -0.15) is 0 Å². The molecule has 0 amide bonds. The number of carbonyl (C=O) groups is 1. The minimum Gasteiger partial charge on any atom is -0.497 e. The molecule has 0 unspecified atom stereocenters. The van der Waals surface area contributed by atoms with Crippen molar-refractivity contribution in [2.75, 3.05) is 20.3 Å². The fourth-order valence-corrected chi connectivity index (χ4v) is 3.00. The fourth-order valence-electron chi connectivity index (χ4n) is 3.00. The molecule has 0 radical (unpaired) electrons. The zero-order chi connectivity index (χ0) is 20.1. The summed E-state index contributed by atoms with van der Waals surface area (Å²) >= 11 is 0. The van der Waals surface area contributed by atoms with E-state index in [1.165, 1.54) is 12.1 Å². The van der Waals surface area contributed by atoms with Crippen molar-refractivity contribution >= 4 is 5.97 Å². The third-order valence-electron chi connectivity index (χ3n) is 4.38. The Balaban J connectivity index is 1.60. The number of aryl methyl sites for hydroxylation is 1. The second kappa shape index (κ2) is 8.61. The van der Waals surface area contributed by atoms with Gasteiger partial charge in [-0.15, -0.1) is 0 Å². The number of rotatable bonds is 7. The Morgan fingerprint density at radius 1 is 0.964 bits per heavy atom. The van der Waals surface area contributed by atoms with Crippen LogP contribution < -0.4 is 9.47 Å². The number of benzene rings is 2. The number of ether oxygens (including phenoxy) is 3. The molecule has 1 aromatic heterocycles. The molecule has 0 saturated heterocycles. The average molecular weight is 383 g/mol. The first-order valence-electron chi connectivity index (χ1n) is 8.88. The van der Waals surface area contributed by atoms with Crippen molar-refractivity contribution in [2.45, 2.75) is 13.8 Å². The average Bonchev–Trinajstić information content (AvgIpc) is 3.00. The molecule has 1 heterocycles. The van der Waals surface area contributed by atoms with Crippen molar-refractivity contribution in [1.29, 1.82) is 0 Å². The van der Waals surface area contributed by atoms with E-state index in [0.29, 0.717) is 11.3 Å². The molecule has 0 fully saturated rings. The summed E-state index contributed by atoms with van der Waals surface area (Å²) in [4.78, 5) is 12.4. The quantitative estimate of drug-likeness (QED) is 0.446. The van der Waals surface area contributed by atoms with Crippen molar-refractivity contribution in [3.05, 3.63) is 77.4 Å². The second-order valence-electron chi connectivity index (χ2n) is 6.26. The molecule has 3 rings (SSSR count). The second-order valence-corrected chi connectivity index (χ2v) is 6.26. The normalized spacial score (nSPS) is 10.6. The first-order chi connectivity index (χ1) is 13.5. The van der Waals surface area contributed by atoms with Crippen LogP contribution in [-0.2, 0) is 4.74 Å². The molecule has 0 spiro atoms. The number of hydrogen-bond donors (Lipinski definition) is 0. The van der Waals surface area contributed by atoms with Crippen molar-refractivity contribution < 1.29 is 23.4 Å². The molecule has 0 saturated carbocycles. The van der Waals surface area contributed by atoms with Gasteiger partial charge in [-0.25, -0.2) is 9.18 Å². The molecule has 0 atom stereocenters. The molecule has 3 aromatic rings. The van der Waals surface area contributed by atoms with Gasteiger partial charge >= 0.3 is 5.97 Å². The van der Waals surface area contributed by atoms with E-state index in [9.17, 15) is 9.18 Å². The number of aromatic nitrogens is 1. The number of hydrogen-bond acceptors (Lipinski definition) is 4. The first kappa shape index (κ1) is 19.5. The van der Waals surface area contributed by atoms with Gasteiger partial charge < -0.3 is 18.8 Å². The zero-order valence-electron chi connectivity index (χ0n) is 16.1. The van der Waals surface area contributed by atoms with Crippen LogP contribution in [0.2, 0.25) is 0 Å². The van der Waals surface area contributed by atoms with Crippen molar-refractivity contribution in [3.8, 4) is 17.2 Å². The highest BCUT2D eigenvalue weighted by molar-refractivity contribution is 5.91. The highest BCUT2D eigenvalue weighted by Gasteiger charge is 2.18. The third kappa shape index (κ3) is 4.34. The predicted molar refractivity (Wildman–Crippen MR) is 104 cm³/mol. The number of esters is 1. The highest BCUT2D eigenvalue weighted by Crippen LogP contribution is 2.22. The number of methoxy groups -OCH3 is 1. The molecule has 2 aromatic carbocycles. The maximum atomic E-state index is 13.2. The molecule has 0 bridgehead atoms. The lowest BCUT2D eigenvalue weighted by Gasteiger charge is -2.10. The molecule has 0 N–H and O–H groups in total. The van der Waals surface area contributed by atoms with Gasteiger partial charge in [0.05, 0.1) is 12.7 Å². The van der Waals surface area contributed by atoms with E-state index >= 15 is 0 Å². The topological polar surface area (TPSA) is 49.7 Å². The van der Waals surface area contributed by atoms with E-state index in [-0.39, 0.29) is 19.0 Å². The molecule has 28 heavy (non-hydrogen) atoms. The first-order valence-corrected chi connectivity index (χ1v) is 8.88. The minimum absolute atomic E-state index is 0.130.